The normalized spacial score (nSPS) is 9.67. The van der Waals surface area contributed by atoms with Crippen LogP contribution in [0.5, 0.6) is 0 Å². The first-order chi connectivity index (χ1) is 7.83. The highest BCUT2D eigenvalue weighted by Gasteiger charge is 1.98. The molecule has 0 bridgehead atoms. The van der Waals surface area contributed by atoms with E-state index in [0.29, 0.717) is 0 Å². The summed E-state index contributed by atoms with van der Waals surface area (Å²) in [6.07, 6.45) is 17.6. The number of hydrogen-bond acceptors (Lipinski definition) is 0. The van der Waals surface area contributed by atoms with Gasteiger partial charge in [-0.3, -0.25) is 0 Å². The summed E-state index contributed by atoms with van der Waals surface area (Å²) < 4.78 is 4.38. The van der Waals surface area contributed by atoms with Gasteiger partial charge in [0.15, 0.2) is 0 Å². The van der Waals surface area contributed by atoms with Crippen LogP contribution in [0.3, 0.4) is 0 Å². The van der Waals surface area contributed by atoms with Gasteiger partial charge in [0.2, 0.25) is 6.33 Å². The lowest BCUT2D eigenvalue weighted by Crippen LogP contribution is -2.30. The van der Waals surface area contributed by atoms with Gasteiger partial charge in [0, 0.05) is 0 Å². The Morgan fingerprint density at radius 3 is 2.00 bits per heavy atom. The van der Waals surface area contributed by atoms with Gasteiger partial charge in [0.1, 0.15) is 12.4 Å². The third-order valence-electron chi connectivity index (χ3n) is 3.09. The standard InChI is InChI=1S/C14H27N2.ClH.HI/c1-3-4-5-6-7-8-9-10-11-16-13-12-15(2)14-16;;/h12-14H,3-11H2,1-2H3;2*1H/q+1;;. The second-order valence-electron chi connectivity index (χ2n) is 4.79. The summed E-state index contributed by atoms with van der Waals surface area (Å²) in [5.41, 5.74) is 0. The lowest BCUT2D eigenvalue weighted by molar-refractivity contribution is -0.696. The Balaban J connectivity index is 0. The highest BCUT2D eigenvalue weighted by atomic mass is 127. The van der Waals surface area contributed by atoms with E-state index in [1.807, 2.05) is 0 Å². The molecule has 108 valence electrons. The Labute approximate surface area is 136 Å². The van der Waals surface area contributed by atoms with E-state index in [-0.39, 0.29) is 36.4 Å². The number of aromatic nitrogens is 2. The van der Waals surface area contributed by atoms with E-state index in [2.05, 4.69) is 41.8 Å². The summed E-state index contributed by atoms with van der Waals surface area (Å²) in [5, 5.41) is 0. The molecule has 1 aromatic rings. The van der Waals surface area contributed by atoms with Crippen LogP contribution in [0, 0.1) is 0 Å². The molecule has 2 nitrogen and oxygen atoms in total. The zero-order chi connectivity index (χ0) is 11.6. The summed E-state index contributed by atoms with van der Waals surface area (Å²) in [6.45, 7) is 3.45. The molecule has 0 aliphatic carbocycles. The van der Waals surface area contributed by atoms with Crippen molar-refractivity contribution in [3.8, 4) is 0 Å². The van der Waals surface area contributed by atoms with Crippen molar-refractivity contribution < 1.29 is 4.57 Å². The number of nitrogens with zero attached hydrogens (tertiary/aromatic N) is 2. The molecule has 0 aliphatic heterocycles. The highest BCUT2D eigenvalue weighted by molar-refractivity contribution is 14.0. The molecule has 0 saturated heterocycles. The fourth-order valence-electron chi connectivity index (χ4n) is 2.06. The number of halogens is 2. The first-order valence-corrected chi connectivity index (χ1v) is 6.84. The van der Waals surface area contributed by atoms with Gasteiger partial charge < -0.3 is 0 Å². The Hall–Kier alpha value is 0.230. The first-order valence-electron chi connectivity index (χ1n) is 6.84. The first kappa shape index (κ1) is 20.5. The van der Waals surface area contributed by atoms with Crippen molar-refractivity contribution in [2.75, 3.05) is 0 Å². The SMILES string of the molecule is CCCCCCCCCC[n+]1ccn(C)c1.Cl.I. The van der Waals surface area contributed by atoms with Gasteiger partial charge >= 0.3 is 0 Å². The van der Waals surface area contributed by atoms with Crippen LogP contribution in [-0.4, -0.2) is 4.57 Å². The smallest absolute Gasteiger partial charge is 0.240 e. The molecule has 1 rings (SSSR count). The zero-order valence-electron chi connectivity index (χ0n) is 11.8. The van der Waals surface area contributed by atoms with Gasteiger partial charge in [0.05, 0.1) is 13.6 Å². The summed E-state index contributed by atoms with van der Waals surface area (Å²) in [7, 11) is 2.07. The lowest BCUT2D eigenvalue weighted by Gasteiger charge is -2.00. The second kappa shape index (κ2) is 13.7. The van der Waals surface area contributed by atoms with E-state index >= 15 is 0 Å². The van der Waals surface area contributed by atoms with E-state index in [0.717, 1.165) is 0 Å². The highest BCUT2D eigenvalue weighted by Crippen LogP contribution is 2.08. The largest absolute Gasteiger partial charge is 0.243 e. The molecular weight excluding hydrogens is 359 g/mol. The van der Waals surface area contributed by atoms with E-state index < -0.39 is 0 Å². The van der Waals surface area contributed by atoms with Crippen molar-refractivity contribution in [2.45, 2.75) is 64.8 Å². The van der Waals surface area contributed by atoms with Crippen LogP contribution in [0.4, 0.5) is 0 Å². The Kier molecular flexibility index (Phi) is 15.6. The molecule has 0 radical (unpaired) electrons. The molecule has 0 aromatic carbocycles. The van der Waals surface area contributed by atoms with E-state index in [1.165, 1.54) is 57.9 Å². The van der Waals surface area contributed by atoms with E-state index in [1.54, 1.807) is 0 Å². The fraction of sp³-hybridized carbons (Fsp3) is 0.786. The molecule has 0 saturated carbocycles. The van der Waals surface area contributed by atoms with Crippen LogP contribution >= 0.6 is 36.4 Å². The number of hydrogen-bond donors (Lipinski definition) is 0. The van der Waals surface area contributed by atoms with Crippen LogP contribution in [0.2, 0.25) is 0 Å². The number of aryl methyl sites for hydroxylation is 2. The maximum absolute atomic E-state index is 2.27. The van der Waals surface area contributed by atoms with Gasteiger partial charge in [-0.2, -0.15) is 0 Å². The van der Waals surface area contributed by atoms with Gasteiger partial charge in [-0.1, -0.05) is 45.4 Å². The Bertz CT molecular complexity index is 277. The molecule has 0 spiro atoms. The zero-order valence-corrected chi connectivity index (χ0v) is 15.0. The maximum atomic E-state index is 2.27. The van der Waals surface area contributed by atoms with Gasteiger partial charge in [-0.25, -0.2) is 9.13 Å². The van der Waals surface area contributed by atoms with Crippen molar-refractivity contribution in [2.24, 2.45) is 7.05 Å². The predicted octanol–water partition coefficient (Wildman–Crippen LogP) is 4.49. The van der Waals surface area contributed by atoms with Crippen LogP contribution in [-0.2, 0) is 13.6 Å². The quantitative estimate of drug-likeness (QED) is 0.335. The summed E-state index contributed by atoms with van der Waals surface area (Å²) in [6, 6.07) is 0. The van der Waals surface area contributed by atoms with Gasteiger partial charge in [-0.05, 0) is 12.8 Å². The van der Waals surface area contributed by atoms with Gasteiger partial charge in [-0.15, -0.1) is 36.4 Å². The van der Waals surface area contributed by atoms with Crippen LogP contribution in [0.15, 0.2) is 18.7 Å². The van der Waals surface area contributed by atoms with E-state index in [9.17, 15) is 0 Å². The number of imidazole rings is 1. The Morgan fingerprint density at radius 2 is 1.50 bits per heavy atom. The predicted molar refractivity (Wildman–Crippen MR) is 90.9 cm³/mol. The summed E-state index contributed by atoms with van der Waals surface area (Å²) in [4.78, 5) is 0. The molecule has 0 amide bonds. The molecule has 18 heavy (non-hydrogen) atoms. The number of unbranched alkanes of at least 4 members (excludes halogenated alkanes) is 7. The molecule has 0 atom stereocenters. The molecule has 4 heteroatoms. The molecular formula is C14H29ClIN2+. The topological polar surface area (TPSA) is 8.81 Å². The van der Waals surface area contributed by atoms with Crippen molar-refractivity contribution in [1.82, 2.24) is 4.57 Å². The monoisotopic (exact) mass is 387 g/mol. The third kappa shape index (κ3) is 10.2. The van der Waals surface area contributed by atoms with Crippen molar-refractivity contribution >= 4 is 36.4 Å². The fourth-order valence-corrected chi connectivity index (χ4v) is 2.06. The van der Waals surface area contributed by atoms with Crippen molar-refractivity contribution in [3.63, 3.8) is 0 Å². The minimum absolute atomic E-state index is 0. The van der Waals surface area contributed by atoms with Crippen molar-refractivity contribution in [1.29, 1.82) is 0 Å². The van der Waals surface area contributed by atoms with Crippen LogP contribution < -0.4 is 4.57 Å². The lowest BCUT2D eigenvalue weighted by atomic mass is 10.1. The molecule has 1 aromatic heterocycles. The van der Waals surface area contributed by atoms with E-state index in [4.69, 9.17) is 0 Å². The minimum atomic E-state index is 0. The summed E-state index contributed by atoms with van der Waals surface area (Å²) >= 11 is 0. The van der Waals surface area contributed by atoms with Crippen molar-refractivity contribution in [3.05, 3.63) is 18.7 Å². The van der Waals surface area contributed by atoms with Crippen LogP contribution in [0.25, 0.3) is 0 Å². The average molecular weight is 388 g/mol. The summed E-state index contributed by atoms with van der Waals surface area (Å²) in [5.74, 6) is 0. The third-order valence-corrected chi connectivity index (χ3v) is 3.09. The molecule has 0 unspecified atom stereocenters. The molecule has 1 heterocycles. The average Bonchev–Trinajstić information content (AvgIpc) is 2.68. The van der Waals surface area contributed by atoms with Crippen LogP contribution in [0.1, 0.15) is 58.3 Å². The second-order valence-corrected chi connectivity index (χ2v) is 4.79. The maximum Gasteiger partial charge on any atom is 0.243 e. The molecule has 0 fully saturated rings. The minimum Gasteiger partial charge on any atom is -0.240 e. The molecule has 0 N–H and O–H groups in total. The number of rotatable bonds is 9. The molecule has 0 aliphatic rings. The Morgan fingerprint density at radius 1 is 0.944 bits per heavy atom. The van der Waals surface area contributed by atoms with Gasteiger partial charge in [0.25, 0.3) is 0 Å².